The number of hydrogen-bond donors (Lipinski definition) is 2. The number of nitrogens with two attached hydrogens (primary N) is 1. The van der Waals surface area contributed by atoms with Crippen LogP contribution in [0.3, 0.4) is 0 Å². The Kier molecular flexibility index (Phi) is 7.10. The average molecular weight is 378 g/mol. The van der Waals surface area contributed by atoms with E-state index >= 15 is 0 Å². The summed E-state index contributed by atoms with van der Waals surface area (Å²) in [5, 5.41) is 22.4. The Balaban J connectivity index is 2.20. The number of amides is 1. The first-order valence-corrected chi connectivity index (χ1v) is 9.09. The van der Waals surface area contributed by atoms with Crippen molar-refractivity contribution in [2.75, 3.05) is 6.54 Å². The molecule has 0 aliphatic carbocycles. The number of nitrogens with one attached hydrogen (secondary N) is 1. The van der Waals surface area contributed by atoms with Gasteiger partial charge in [0.1, 0.15) is 6.33 Å². The Morgan fingerprint density at radius 1 is 1.50 bits per heavy atom. The lowest BCUT2D eigenvalue weighted by Crippen LogP contribution is -2.40. The zero-order chi connectivity index (χ0) is 19.1. The van der Waals surface area contributed by atoms with Crippen molar-refractivity contribution in [2.45, 2.75) is 42.3 Å². The molecule has 1 atom stereocenters. The van der Waals surface area contributed by atoms with Gasteiger partial charge in [0.05, 0.1) is 9.82 Å². The SMILES string of the molecule is CCCCC(CN)NC(=O)c1ccc(Sc2nncn2C)c([N+](=O)[O-])c1. The minimum absolute atomic E-state index is 0.144. The van der Waals surface area contributed by atoms with Gasteiger partial charge in [-0.15, -0.1) is 10.2 Å². The molecule has 0 saturated carbocycles. The highest BCUT2D eigenvalue weighted by atomic mass is 32.2. The highest BCUT2D eigenvalue weighted by Gasteiger charge is 2.21. The molecule has 140 valence electrons. The first kappa shape index (κ1) is 19.9. The Hall–Kier alpha value is -2.46. The van der Waals surface area contributed by atoms with Crippen LogP contribution in [0.2, 0.25) is 0 Å². The van der Waals surface area contributed by atoms with Gasteiger partial charge in [-0.1, -0.05) is 19.8 Å². The van der Waals surface area contributed by atoms with Gasteiger partial charge in [0.2, 0.25) is 0 Å². The number of nitrogens with zero attached hydrogens (tertiary/aromatic N) is 4. The van der Waals surface area contributed by atoms with Crippen molar-refractivity contribution in [3.63, 3.8) is 0 Å². The van der Waals surface area contributed by atoms with Gasteiger partial charge >= 0.3 is 0 Å². The van der Waals surface area contributed by atoms with E-state index in [2.05, 4.69) is 22.4 Å². The van der Waals surface area contributed by atoms with E-state index in [-0.39, 0.29) is 23.2 Å². The third kappa shape index (κ3) is 5.02. The molecule has 1 amide bonds. The summed E-state index contributed by atoms with van der Waals surface area (Å²) >= 11 is 1.12. The molecule has 1 unspecified atom stereocenters. The third-order valence-corrected chi connectivity index (χ3v) is 4.93. The summed E-state index contributed by atoms with van der Waals surface area (Å²) in [4.78, 5) is 23.7. The molecule has 0 saturated heterocycles. The summed E-state index contributed by atoms with van der Waals surface area (Å²) < 4.78 is 1.66. The van der Waals surface area contributed by atoms with E-state index in [0.29, 0.717) is 16.6 Å². The van der Waals surface area contributed by atoms with Gasteiger partial charge in [0.15, 0.2) is 5.16 Å². The zero-order valence-electron chi connectivity index (χ0n) is 14.7. The van der Waals surface area contributed by atoms with Crippen molar-refractivity contribution in [1.29, 1.82) is 0 Å². The molecule has 2 aromatic rings. The van der Waals surface area contributed by atoms with E-state index in [1.54, 1.807) is 23.7 Å². The zero-order valence-corrected chi connectivity index (χ0v) is 15.5. The summed E-state index contributed by atoms with van der Waals surface area (Å²) in [5.74, 6) is -0.366. The largest absolute Gasteiger partial charge is 0.348 e. The molecule has 0 aliphatic rings. The number of carbonyl (C=O) groups excluding carboxylic acids is 1. The van der Waals surface area contributed by atoms with E-state index in [1.165, 1.54) is 12.4 Å². The van der Waals surface area contributed by atoms with Gasteiger partial charge in [0.25, 0.3) is 11.6 Å². The monoisotopic (exact) mass is 378 g/mol. The van der Waals surface area contributed by atoms with Gasteiger partial charge in [-0.05, 0) is 30.3 Å². The summed E-state index contributed by atoms with van der Waals surface area (Å²) in [6.07, 6.45) is 4.25. The Morgan fingerprint density at radius 2 is 2.27 bits per heavy atom. The van der Waals surface area contributed by atoms with E-state index in [4.69, 9.17) is 5.73 Å². The second-order valence-electron chi connectivity index (χ2n) is 5.81. The van der Waals surface area contributed by atoms with Crippen LogP contribution < -0.4 is 11.1 Å². The maximum absolute atomic E-state index is 12.4. The lowest BCUT2D eigenvalue weighted by molar-refractivity contribution is -0.387. The second kappa shape index (κ2) is 9.30. The van der Waals surface area contributed by atoms with Crippen molar-refractivity contribution in [3.05, 3.63) is 40.2 Å². The summed E-state index contributed by atoms with van der Waals surface area (Å²) in [6, 6.07) is 4.25. The fourth-order valence-corrected chi connectivity index (χ4v) is 3.17. The van der Waals surface area contributed by atoms with Crippen molar-refractivity contribution < 1.29 is 9.72 Å². The predicted molar refractivity (Wildman–Crippen MR) is 98.1 cm³/mol. The number of nitro groups is 1. The highest BCUT2D eigenvalue weighted by molar-refractivity contribution is 7.99. The Bertz CT molecular complexity index is 779. The van der Waals surface area contributed by atoms with Gasteiger partial charge in [-0.3, -0.25) is 14.9 Å². The minimum atomic E-state index is -0.507. The number of nitro benzene ring substituents is 1. The third-order valence-electron chi connectivity index (χ3n) is 3.81. The normalized spacial score (nSPS) is 12.0. The number of aryl methyl sites for hydroxylation is 1. The predicted octanol–water partition coefficient (Wildman–Crippen LogP) is 2.12. The second-order valence-corrected chi connectivity index (χ2v) is 6.82. The van der Waals surface area contributed by atoms with Crippen LogP contribution in [0.15, 0.2) is 34.6 Å². The molecular formula is C16H22N6O3S. The number of benzene rings is 1. The van der Waals surface area contributed by atoms with Crippen LogP contribution in [-0.4, -0.2) is 38.2 Å². The smallest absolute Gasteiger partial charge is 0.284 e. The maximum Gasteiger partial charge on any atom is 0.284 e. The summed E-state index contributed by atoms with van der Waals surface area (Å²) in [5.41, 5.74) is 5.77. The molecule has 0 bridgehead atoms. The number of aromatic nitrogens is 3. The van der Waals surface area contributed by atoms with Crippen LogP contribution in [0.25, 0.3) is 0 Å². The van der Waals surface area contributed by atoms with Crippen LogP contribution in [0, 0.1) is 10.1 Å². The molecule has 1 heterocycles. The molecule has 10 heteroatoms. The molecule has 3 N–H and O–H groups in total. The van der Waals surface area contributed by atoms with Gasteiger partial charge in [-0.2, -0.15) is 0 Å². The van der Waals surface area contributed by atoms with Crippen LogP contribution in [-0.2, 0) is 7.05 Å². The number of carbonyl (C=O) groups is 1. The quantitative estimate of drug-likeness (QED) is 0.505. The molecule has 0 radical (unpaired) electrons. The van der Waals surface area contributed by atoms with Crippen LogP contribution in [0.4, 0.5) is 5.69 Å². The number of rotatable bonds is 9. The van der Waals surface area contributed by atoms with E-state index < -0.39 is 4.92 Å². The van der Waals surface area contributed by atoms with E-state index in [0.717, 1.165) is 31.0 Å². The topological polar surface area (TPSA) is 129 Å². The van der Waals surface area contributed by atoms with Gasteiger partial charge in [0, 0.05) is 31.3 Å². The molecule has 1 aromatic heterocycles. The molecular weight excluding hydrogens is 356 g/mol. The molecule has 26 heavy (non-hydrogen) atoms. The molecule has 2 rings (SSSR count). The lowest BCUT2D eigenvalue weighted by Gasteiger charge is -2.16. The lowest BCUT2D eigenvalue weighted by atomic mass is 10.1. The molecule has 0 fully saturated rings. The molecule has 1 aromatic carbocycles. The molecule has 0 spiro atoms. The molecule has 0 aliphatic heterocycles. The highest BCUT2D eigenvalue weighted by Crippen LogP contribution is 2.34. The van der Waals surface area contributed by atoms with Crippen molar-refractivity contribution in [2.24, 2.45) is 12.8 Å². The standard InChI is InChI=1S/C16H22N6O3S/c1-3-4-5-12(9-17)19-15(23)11-6-7-14(13(8-11)22(24)25)26-16-20-18-10-21(16)2/h6-8,10,12H,3-5,9,17H2,1-2H3,(H,19,23). The minimum Gasteiger partial charge on any atom is -0.348 e. The first-order valence-electron chi connectivity index (χ1n) is 8.27. The van der Waals surface area contributed by atoms with E-state index in [1.807, 2.05) is 0 Å². The van der Waals surface area contributed by atoms with Gasteiger partial charge < -0.3 is 15.6 Å². The first-order chi connectivity index (χ1) is 12.5. The van der Waals surface area contributed by atoms with E-state index in [9.17, 15) is 14.9 Å². The maximum atomic E-state index is 12.4. The summed E-state index contributed by atoms with van der Waals surface area (Å²) in [7, 11) is 1.75. The Labute approximate surface area is 155 Å². The van der Waals surface area contributed by atoms with Crippen LogP contribution in [0.5, 0.6) is 0 Å². The number of hydrogen-bond acceptors (Lipinski definition) is 7. The van der Waals surface area contributed by atoms with Crippen molar-refractivity contribution in [3.8, 4) is 0 Å². The van der Waals surface area contributed by atoms with Crippen molar-refractivity contribution in [1.82, 2.24) is 20.1 Å². The fraction of sp³-hybridized carbons (Fsp3) is 0.438. The van der Waals surface area contributed by atoms with Crippen LogP contribution in [0.1, 0.15) is 36.5 Å². The average Bonchev–Trinajstić information content (AvgIpc) is 3.03. The summed E-state index contributed by atoms with van der Waals surface area (Å²) in [6.45, 7) is 2.39. The molecule has 9 nitrogen and oxygen atoms in total. The Morgan fingerprint density at radius 3 is 2.85 bits per heavy atom. The fourth-order valence-electron chi connectivity index (χ4n) is 2.32. The van der Waals surface area contributed by atoms with Gasteiger partial charge in [-0.25, -0.2) is 0 Å². The number of unbranched alkanes of at least 4 members (excludes halogenated alkanes) is 1. The van der Waals surface area contributed by atoms with Crippen LogP contribution >= 0.6 is 11.8 Å². The van der Waals surface area contributed by atoms with Crippen molar-refractivity contribution >= 4 is 23.4 Å².